The van der Waals surface area contributed by atoms with Crippen LogP contribution in [0.25, 0.3) is 0 Å². The zero-order valence-corrected chi connectivity index (χ0v) is 10.8. The van der Waals surface area contributed by atoms with E-state index in [9.17, 15) is 4.79 Å². The second-order valence-electron chi connectivity index (χ2n) is 4.83. The van der Waals surface area contributed by atoms with Gasteiger partial charge in [0, 0.05) is 12.2 Å². The van der Waals surface area contributed by atoms with Gasteiger partial charge in [-0.05, 0) is 37.8 Å². The molecule has 0 aliphatic rings. The molecule has 1 rings (SSSR count). The Bertz CT molecular complexity index is 402. The highest BCUT2D eigenvalue weighted by molar-refractivity contribution is 5.94. The van der Waals surface area contributed by atoms with Crippen molar-refractivity contribution in [2.45, 2.75) is 40.2 Å². The summed E-state index contributed by atoms with van der Waals surface area (Å²) in [6, 6.07) is 1.92. The molecule has 0 aliphatic heterocycles. The maximum Gasteiger partial charge on any atom is 0.339 e. The molecule has 0 saturated carbocycles. The van der Waals surface area contributed by atoms with Gasteiger partial charge >= 0.3 is 5.97 Å². The molecule has 2 N–H and O–H groups in total. The van der Waals surface area contributed by atoms with Gasteiger partial charge in [0.1, 0.15) is 11.4 Å². The standard InChI is InChI=1S/C13H20N2O2/c1-8(2)7-10(4)15-12-11(13(16)17)9(3)5-6-14-12/h5-6,8,10H,7H2,1-4H3,(H,14,15)(H,16,17). The summed E-state index contributed by atoms with van der Waals surface area (Å²) in [7, 11) is 0. The lowest BCUT2D eigenvalue weighted by molar-refractivity contribution is 0.0697. The molecule has 0 saturated heterocycles. The zero-order valence-electron chi connectivity index (χ0n) is 10.8. The monoisotopic (exact) mass is 236 g/mol. The number of nitrogens with one attached hydrogen (secondary N) is 1. The highest BCUT2D eigenvalue weighted by atomic mass is 16.4. The number of carbonyl (C=O) groups is 1. The summed E-state index contributed by atoms with van der Waals surface area (Å²) in [5.74, 6) is 0.0936. The number of nitrogens with zero attached hydrogens (tertiary/aromatic N) is 1. The van der Waals surface area contributed by atoms with Crippen molar-refractivity contribution in [3.63, 3.8) is 0 Å². The van der Waals surface area contributed by atoms with Crippen LogP contribution in [0.1, 0.15) is 43.1 Å². The maximum atomic E-state index is 11.2. The number of carboxylic acid groups (broad SMARTS) is 1. The van der Waals surface area contributed by atoms with Crippen molar-refractivity contribution in [2.24, 2.45) is 5.92 Å². The predicted molar refractivity (Wildman–Crippen MR) is 68.5 cm³/mol. The molecule has 0 spiro atoms. The van der Waals surface area contributed by atoms with E-state index in [-0.39, 0.29) is 11.6 Å². The molecule has 4 heteroatoms. The van der Waals surface area contributed by atoms with Crippen LogP contribution >= 0.6 is 0 Å². The highest BCUT2D eigenvalue weighted by Crippen LogP contribution is 2.18. The first kappa shape index (κ1) is 13.5. The van der Waals surface area contributed by atoms with Gasteiger partial charge in [-0.25, -0.2) is 9.78 Å². The molecular formula is C13H20N2O2. The van der Waals surface area contributed by atoms with Crippen LogP contribution in [0, 0.1) is 12.8 Å². The number of aryl methyl sites for hydroxylation is 1. The van der Waals surface area contributed by atoms with Crippen molar-refractivity contribution in [3.8, 4) is 0 Å². The summed E-state index contributed by atoms with van der Waals surface area (Å²) < 4.78 is 0. The fourth-order valence-electron chi connectivity index (χ4n) is 1.94. The lowest BCUT2D eigenvalue weighted by Gasteiger charge is -2.18. The zero-order chi connectivity index (χ0) is 13.0. The molecule has 1 aromatic rings. The van der Waals surface area contributed by atoms with Gasteiger partial charge in [0.05, 0.1) is 0 Å². The molecule has 0 bridgehead atoms. The van der Waals surface area contributed by atoms with Gasteiger partial charge in [0.2, 0.25) is 0 Å². The fourth-order valence-corrected chi connectivity index (χ4v) is 1.94. The van der Waals surface area contributed by atoms with E-state index >= 15 is 0 Å². The Hall–Kier alpha value is -1.58. The minimum absolute atomic E-state index is 0.211. The van der Waals surface area contributed by atoms with Gasteiger partial charge in [-0.3, -0.25) is 0 Å². The van der Waals surface area contributed by atoms with E-state index in [1.54, 1.807) is 19.2 Å². The van der Waals surface area contributed by atoms with Crippen LogP contribution in [0.3, 0.4) is 0 Å². The number of pyridine rings is 1. The van der Waals surface area contributed by atoms with Crippen LogP contribution < -0.4 is 5.32 Å². The maximum absolute atomic E-state index is 11.2. The molecule has 0 aromatic carbocycles. The topological polar surface area (TPSA) is 62.2 Å². The van der Waals surface area contributed by atoms with Crippen molar-refractivity contribution in [1.82, 2.24) is 4.98 Å². The molecule has 1 unspecified atom stereocenters. The van der Waals surface area contributed by atoms with Crippen molar-refractivity contribution >= 4 is 11.8 Å². The Kier molecular flexibility index (Phi) is 4.49. The molecule has 1 atom stereocenters. The minimum Gasteiger partial charge on any atom is -0.478 e. The number of aromatic carboxylic acids is 1. The van der Waals surface area contributed by atoms with Crippen LogP contribution in [-0.2, 0) is 0 Å². The summed E-state index contributed by atoms with van der Waals surface area (Å²) in [4.78, 5) is 15.3. The third-order valence-electron chi connectivity index (χ3n) is 2.58. The first-order valence-corrected chi connectivity index (χ1v) is 5.87. The van der Waals surface area contributed by atoms with Gasteiger partial charge in [-0.15, -0.1) is 0 Å². The van der Waals surface area contributed by atoms with Crippen molar-refractivity contribution in [2.75, 3.05) is 5.32 Å². The molecule has 0 radical (unpaired) electrons. The minimum atomic E-state index is -0.935. The van der Waals surface area contributed by atoms with E-state index in [2.05, 4.69) is 24.1 Å². The molecule has 1 heterocycles. The van der Waals surface area contributed by atoms with Crippen LogP contribution in [0.4, 0.5) is 5.82 Å². The van der Waals surface area contributed by atoms with E-state index < -0.39 is 5.97 Å². The first-order chi connectivity index (χ1) is 7.91. The van der Waals surface area contributed by atoms with Crippen molar-refractivity contribution in [3.05, 3.63) is 23.4 Å². The average Bonchev–Trinajstić information content (AvgIpc) is 2.15. The summed E-state index contributed by atoms with van der Waals surface area (Å²) in [6.45, 7) is 8.10. The van der Waals surface area contributed by atoms with E-state index in [1.807, 2.05) is 6.92 Å². The normalized spacial score (nSPS) is 12.5. The van der Waals surface area contributed by atoms with Gasteiger partial charge in [-0.1, -0.05) is 13.8 Å². The fraction of sp³-hybridized carbons (Fsp3) is 0.538. The SMILES string of the molecule is Cc1ccnc(NC(C)CC(C)C)c1C(=O)O. The largest absolute Gasteiger partial charge is 0.478 e. The first-order valence-electron chi connectivity index (χ1n) is 5.87. The summed E-state index contributed by atoms with van der Waals surface area (Å²) >= 11 is 0. The second-order valence-corrected chi connectivity index (χ2v) is 4.83. The van der Waals surface area contributed by atoms with Gasteiger partial charge in [0.15, 0.2) is 0 Å². The Morgan fingerprint density at radius 2 is 2.12 bits per heavy atom. The van der Waals surface area contributed by atoms with Gasteiger partial charge in [0.25, 0.3) is 0 Å². The number of hydrogen-bond acceptors (Lipinski definition) is 3. The molecule has 1 aromatic heterocycles. The molecule has 0 amide bonds. The van der Waals surface area contributed by atoms with Crippen molar-refractivity contribution < 1.29 is 9.90 Å². The molecule has 17 heavy (non-hydrogen) atoms. The number of carboxylic acids is 1. The number of rotatable bonds is 5. The van der Waals surface area contributed by atoms with Crippen LogP contribution in [-0.4, -0.2) is 22.1 Å². The Morgan fingerprint density at radius 1 is 1.47 bits per heavy atom. The Labute approximate surface area is 102 Å². The molecule has 4 nitrogen and oxygen atoms in total. The molecule has 94 valence electrons. The lowest BCUT2D eigenvalue weighted by atomic mass is 10.0. The Balaban J connectivity index is 2.91. The summed E-state index contributed by atoms with van der Waals surface area (Å²) in [5.41, 5.74) is 0.995. The van der Waals surface area contributed by atoms with Crippen LogP contribution in [0.5, 0.6) is 0 Å². The second kappa shape index (κ2) is 5.66. The summed E-state index contributed by atoms with van der Waals surface area (Å²) in [6.07, 6.45) is 2.61. The average molecular weight is 236 g/mol. The smallest absolute Gasteiger partial charge is 0.339 e. The third-order valence-corrected chi connectivity index (χ3v) is 2.58. The predicted octanol–water partition coefficient (Wildman–Crippen LogP) is 2.93. The Morgan fingerprint density at radius 3 is 2.65 bits per heavy atom. The van der Waals surface area contributed by atoms with Gasteiger partial charge in [-0.2, -0.15) is 0 Å². The number of hydrogen-bond donors (Lipinski definition) is 2. The molecule has 0 fully saturated rings. The van der Waals surface area contributed by atoms with E-state index in [4.69, 9.17) is 5.11 Å². The van der Waals surface area contributed by atoms with Crippen LogP contribution in [0.15, 0.2) is 12.3 Å². The van der Waals surface area contributed by atoms with Crippen LogP contribution in [0.2, 0.25) is 0 Å². The lowest BCUT2D eigenvalue weighted by Crippen LogP contribution is -2.20. The molecular weight excluding hydrogens is 216 g/mol. The number of aromatic nitrogens is 1. The van der Waals surface area contributed by atoms with E-state index in [0.29, 0.717) is 11.7 Å². The summed E-state index contributed by atoms with van der Waals surface area (Å²) in [5, 5.41) is 12.3. The van der Waals surface area contributed by atoms with E-state index in [0.717, 1.165) is 12.0 Å². The quantitative estimate of drug-likeness (QED) is 0.825. The third kappa shape index (κ3) is 3.73. The van der Waals surface area contributed by atoms with E-state index in [1.165, 1.54) is 0 Å². The highest BCUT2D eigenvalue weighted by Gasteiger charge is 2.16. The number of anilines is 1. The van der Waals surface area contributed by atoms with Gasteiger partial charge < -0.3 is 10.4 Å². The van der Waals surface area contributed by atoms with Crippen molar-refractivity contribution in [1.29, 1.82) is 0 Å². The molecule has 0 aliphatic carbocycles.